The Balaban J connectivity index is 1.49. The van der Waals surface area contributed by atoms with Crippen molar-refractivity contribution < 1.29 is 9.18 Å². The summed E-state index contributed by atoms with van der Waals surface area (Å²) in [6, 6.07) is 11.9. The van der Waals surface area contributed by atoms with Crippen LogP contribution in [0.4, 0.5) is 10.1 Å². The van der Waals surface area contributed by atoms with E-state index in [1.165, 1.54) is 24.6 Å². The SMILES string of the molecule is O=C(/C=C/c1ccc(F)c(Cl)c1)Nc1cccc(-c2nnc3n2CCCCC3)c1. The van der Waals surface area contributed by atoms with Gasteiger partial charge in [-0.15, -0.1) is 10.2 Å². The highest BCUT2D eigenvalue weighted by molar-refractivity contribution is 6.30. The van der Waals surface area contributed by atoms with E-state index >= 15 is 0 Å². The molecular weight excluding hydrogens is 391 g/mol. The van der Waals surface area contributed by atoms with E-state index in [1.54, 1.807) is 12.1 Å². The van der Waals surface area contributed by atoms with Crippen LogP contribution in [0.25, 0.3) is 17.5 Å². The van der Waals surface area contributed by atoms with Crippen LogP contribution in [-0.2, 0) is 17.8 Å². The minimum atomic E-state index is -0.489. The second-order valence-electron chi connectivity index (χ2n) is 6.98. The number of halogens is 2. The molecular formula is C22H20ClFN4O. The molecule has 2 heterocycles. The number of nitrogens with one attached hydrogen (secondary N) is 1. The highest BCUT2D eigenvalue weighted by atomic mass is 35.5. The van der Waals surface area contributed by atoms with E-state index in [0.717, 1.165) is 43.0 Å². The molecule has 2 aromatic carbocycles. The first kappa shape index (κ1) is 19.3. The first-order valence-electron chi connectivity index (χ1n) is 9.57. The normalized spacial score (nSPS) is 13.9. The van der Waals surface area contributed by atoms with E-state index in [9.17, 15) is 9.18 Å². The van der Waals surface area contributed by atoms with Crippen LogP contribution in [0, 0.1) is 5.82 Å². The lowest BCUT2D eigenvalue weighted by Gasteiger charge is -2.09. The fraction of sp³-hybridized carbons (Fsp3) is 0.227. The number of rotatable bonds is 4. The van der Waals surface area contributed by atoms with Gasteiger partial charge in [-0.2, -0.15) is 0 Å². The maximum Gasteiger partial charge on any atom is 0.248 e. The van der Waals surface area contributed by atoms with E-state index in [1.807, 2.05) is 24.3 Å². The van der Waals surface area contributed by atoms with E-state index in [4.69, 9.17) is 11.6 Å². The third kappa shape index (κ3) is 4.54. The minimum absolute atomic E-state index is 0.0210. The van der Waals surface area contributed by atoms with Gasteiger partial charge in [0.05, 0.1) is 5.02 Å². The third-order valence-corrected chi connectivity index (χ3v) is 5.16. The number of nitrogens with zero attached hydrogens (tertiary/aromatic N) is 3. The Labute approximate surface area is 173 Å². The summed E-state index contributed by atoms with van der Waals surface area (Å²) in [6.07, 6.45) is 7.38. The monoisotopic (exact) mass is 410 g/mol. The molecule has 0 bridgehead atoms. The van der Waals surface area contributed by atoms with Crippen LogP contribution in [-0.4, -0.2) is 20.7 Å². The number of amides is 1. The predicted molar refractivity (Wildman–Crippen MR) is 112 cm³/mol. The molecule has 0 aliphatic carbocycles. The van der Waals surface area contributed by atoms with Crippen molar-refractivity contribution in [3.05, 3.63) is 70.8 Å². The van der Waals surface area contributed by atoms with Gasteiger partial charge < -0.3 is 9.88 Å². The quantitative estimate of drug-likeness (QED) is 0.607. The first-order valence-corrected chi connectivity index (χ1v) is 9.94. The van der Waals surface area contributed by atoms with Crippen LogP contribution in [0.15, 0.2) is 48.5 Å². The molecule has 148 valence electrons. The Morgan fingerprint density at radius 1 is 1.14 bits per heavy atom. The molecule has 0 fully saturated rings. The van der Waals surface area contributed by atoms with Gasteiger partial charge in [0.25, 0.3) is 0 Å². The third-order valence-electron chi connectivity index (χ3n) is 4.87. The van der Waals surface area contributed by atoms with Crippen molar-refractivity contribution in [2.24, 2.45) is 0 Å². The Kier molecular flexibility index (Phi) is 5.71. The molecule has 4 rings (SSSR count). The molecule has 1 aliphatic heterocycles. The summed E-state index contributed by atoms with van der Waals surface area (Å²) in [6.45, 7) is 0.914. The molecule has 3 aromatic rings. The fourth-order valence-corrected chi connectivity index (χ4v) is 3.60. The average molecular weight is 411 g/mol. The largest absolute Gasteiger partial charge is 0.322 e. The number of carbonyl (C=O) groups is 1. The Hall–Kier alpha value is -2.99. The lowest BCUT2D eigenvalue weighted by Crippen LogP contribution is -2.08. The van der Waals surface area contributed by atoms with Gasteiger partial charge in [-0.05, 0) is 48.7 Å². The van der Waals surface area contributed by atoms with E-state index in [-0.39, 0.29) is 10.9 Å². The van der Waals surface area contributed by atoms with Crippen molar-refractivity contribution >= 4 is 29.3 Å². The van der Waals surface area contributed by atoms with Crippen molar-refractivity contribution in [3.63, 3.8) is 0 Å². The number of carbonyl (C=O) groups excluding carboxylic acids is 1. The summed E-state index contributed by atoms with van der Waals surface area (Å²) < 4.78 is 15.4. The van der Waals surface area contributed by atoms with Gasteiger partial charge >= 0.3 is 0 Å². The topological polar surface area (TPSA) is 59.8 Å². The number of fused-ring (bicyclic) bond motifs is 1. The standard InChI is InChI=1S/C22H20ClFN4O/c23-18-13-15(8-10-19(18)24)9-11-21(29)25-17-6-4-5-16(14-17)22-27-26-20-7-2-1-3-12-28(20)22/h4-6,8-11,13-14H,1-3,7,12H2,(H,25,29)/b11-9+. The van der Waals surface area contributed by atoms with Crippen LogP contribution in [0.5, 0.6) is 0 Å². The van der Waals surface area contributed by atoms with E-state index in [0.29, 0.717) is 11.3 Å². The lowest BCUT2D eigenvalue weighted by molar-refractivity contribution is -0.111. The Morgan fingerprint density at radius 3 is 2.90 bits per heavy atom. The van der Waals surface area contributed by atoms with Crippen molar-refractivity contribution in [1.82, 2.24) is 14.8 Å². The maximum absolute atomic E-state index is 13.2. The zero-order valence-corrected chi connectivity index (χ0v) is 16.5. The molecule has 1 aliphatic rings. The first-order chi connectivity index (χ1) is 14.1. The summed E-state index contributed by atoms with van der Waals surface area (Å²) in [5, 5.41) is 11.6. The van der Waals surface area contributed by atoms with Gasteiger partial charge in [0, 0.05) is 30.3 Å². The smallest absolute Gasteiger partial charge is 0.248 e. The molecule has 29 heavy (non-hydrogen) atoms. The van der Waals surface area contributed by atoms with Gasteiger partial charge in [-0.25, -0.2) is 4.39 Å². The number of hydrogen-bond donors (Lipinski definition) is 1. The Morgan fingerprint density at radius 2 is 2.03 bits per heavy atom. The summed E-state index contributed by atoms with van der Waals surface area (Å²) in [5.41, 5.74) is 2.23. The zero-order valence-electron chi connectivity index (χ0n) is 15.7. The molecule has 1 N–H and O–H groups in total. The van der Waals surface area contributed by atoms with Crippen LogP contribution in [0.1, 0.15) is 30.7 Å². The van der Waals surface area contributed by atoms with Gasteiger partial charge in [-0.1, -0.05) is 36.2 Å². The molecule has 7 heteroatoms. The van der Waals surface area contributed by atoms with Crippen LogP contribution >= 0.6 is 11.6 Å². The van der Waals surface area contributed by atoms with Crippen LogP contribution in [0.3, 0.4) is 0 Å². The number of hydrogen-bond acceptors (Lipinski definition) is 3. The molecule has 1 amide bonds. The van der Waals surface area contributed by atoms with E-state index in [2.05, 4.69) is 20.1 Å². The summed E-state index contributed by atoms with van der Waals surface area (Å²) in [5.74, 6) is 1.07. The molecule has 0 unspecified atom stereocenters. The molecule has 0 atom stereocenters. The molecule has 1 aromatic heterocycles. The fourth-order valence-electron chi connectivity index (χ4n) is 3.41. The van der Waals surface area contributed by atoms with Crippen LogP contribution in [0.2, 0.25) is 5.02 Å². The van der Waals surface area contributed by atoms with Gasteiger partial charge in [0.1, 0.15) is 11.6 Å². The second-order valence-corrected chi connectivity index (χ2v) is 7.39. The Bertz CT molecular complexity index is 1080. The molecule has 0 saturated carbocycles. The van der Waals surface area contributed by atoms with Crippen LogP contribution < -0.4 is 5.32 Å². The molecule has 5 nitrogen and oxygen atoms in total. The van der Waals surface area contributed by atoms with E-state index < -0.39 is 5.82 Å². The summed E-state index contributed by atoms with van der Waals surface area (Å²) in [7, 11) is 0. The molecule has 0 saturated heterocycles. The zero-order chi connectivity index (χ0) is 20.2. The maximum atomic E-state index is 13.2. The number of benzene rings is 2. The number of anilines is 1. The second kappa shape index (κ2) is 8.57. The molecule has 0 spiro atoms. The van der Waals surface area contributed by atoms with Gasteiger partial charge in [-0.3, -0.25) is 4.79 Å². The minimum Gasteiger partial charge on any atom is -0.322 e. The van der Waals surface area contributed by atoms with Crippen molar-refractivity contribution in [3.8, 4) is 11.4 Å². The van der Waals surface area contributed by atoms with Crippen molar-refractivity contribution in [2.75, 3.05) is 5.32 Å². The van der Waals surface area contributed by atoms with Gasteiger partial charge in [0.2, 0.25) is 5.91 Å². The predicted octanol–water partition coefficient (Wildman–Crippen LogP) is 5.12. The summed E-state index contributed by atoms with van der Waals surface area (Å²) in [4.78, 5) is 12.3. The number of aryl methyl sites for hydroxylation is 1. The molecule has 0 radical (unpaired) electrons. The van der Waals surface area contributed by atoms with Crippen molar-refractivity contribution in [1.29, 1.82) is 0 Å². The lowest BCUT2D eigenvalue weighted by atomic mass is 10.1. The highest BCUT2D eigenvalue weighted by Gasteiger charge is 2.16. The number of aromatic nitrogens is 3. The highest BCUT2D eigenvalue weighted by Crippen LogP contribution is 2.25. The van der Waals surface area contributed by atoms with Gasteiger partial charge in [0.15, 0.2) is 5.82 Å². The summed E-state index contributed by atoms with van der Waals surface area (Å²) >= 11 is 5.76. The van der Waals surface area contributed by atoms with Crippen molar-refractivity contribution in [2.45, 2.75) is 32.2 Å². The average Bonchev–Trinajstić information content (AvgIpc) is 2.97.